The van der Waals surface area contributed by atoms with Crippen molar-refractivity contribution >= 4 is 5.97 Å². The number of carboxylic acid groups (broad SMARTS) is 1. The van der Waals surface area contributed by atoms with E-state index in [1.807, 2.05) is 13.8 Å². The second-order valence-corrected chi connectivity index (χ2v) is 2.74. The second-order valence-electron chi connectivity index (χ2n) is 2.74. The molecule has 0 heterocycles. The molecule has 66 valence electrons. The molecule has 11 heavy (non-hydrogen) atoms. The van der Waals surface area contributed by atoms with Crippen molar-refractivity contribution in [2.75, 3.05) is 0 Å². The van der Waals surface area contributed by atoms with Crippen molar-refractivity contribution in [3.05, 3.63) is 0 Å². The largest absolute Gasteiger partial charge is 0.481 e. The zero-order valence-corrected chi connectivity index (χ0v) is 7.08. The van der Waals surface area contributed by atoms with E-state index in [4.69, 9.17) is 5.11 Å². The molecule has 1 atom stereocenters. The number of aliphatic hydroxyl groups is 1. The minimum Gasteiger partial charge on any atom is -0.481 e. The minimum absolute atomic E-state index is 0.131. The molecule has 0 radical (unpaired) electrons. The highest BCUT2D eigenvalue weighted by Crippen LogP contribution is 2.15. The van der Waals surface area contributed by atoms with Crippen LogP contribution in [0.15, 0.2) is 0 Å². The lowest BCUT2D eigenvalue weighted by Gasteiger charge is -2.17. The molecule has 0 spiro atoms. The smallest absolute Gasteiger partial charge is 0.305 e. The monoisotopic (exact) mass is 160 g/mol. The molecule has 0 aliphatic carbocycles. The molecule has 0 saturated heterocycles. The second kappa shape index (κ2) is 5.13. The van der Waals surface area contributed by atoms with E-state index in [9.17, 15) is 9.90 Å². The van der Waals surface area contributed by atoms with Crippen LogP contribution in [0.2, 0.25) is 0 Å². The summed E-state index contributed by atoms with van der Waals surface area (Å²) in [5.41, 5.74) is 0. The molecule has 0 amide bonds. The fourth-order valence-corrected chi connectivity index (χ4v) is 1.18. The van der Waals surface area contributed by atoms with Gasteiger partial charge < -0.3 is 10.2 Å². The van der Waals surface area contributed by atoms with Gasteiger partial charge >= 0.3 is 5.97 Å². The first-order valence-electron chi connectivity index (χ1n) is 4.01. The number of carbonyl (C=O) groups is 1. The van der Waals surface area contributed by atoms with Gasteiger partial charge in [0.25, 0.3) is 0 Å². The number of aliphatic carboxylic acids is 1. The third-order valence-electron chi connectivity index (χ3n) is 1.98. The van der Waals surface area contributed by atoms with Crippen molar-refractivity contribution in [1.29, 1.82) is 0 Å². The van der Waals surface area contributed by atoms with Crippen LogP contribution in [0.3, 0.4) is 0 Å². The zero-order chi connectivity index (χ0) is 8.85. The highest BCUT2D eigenvalue weighted by Gasteiger charge is 2.17. The van der Waals surface area contributed by atoms with Gasteiger partial charge in [-0.05, 0) is 5.92 Å². The average molecular weight is 160 g/mol. The van der Waals surface area contributed by atoms with Gasteiger partial charge in [0.05, 0.1) is 12.5 Å². The summed E-state index contributed by atoms with van der Waals surface area (Å²) in [6, 6.07) is 0. The number of carboxylic acids is 1. The van der Waals surface area contributed by atoms with Crippen molar-refractivity contribution in [3.63, 3.8) is 0 Å². The molecule has 3 heteroatoms. The van der Waals surface area contributed by atoms with Gasteiger partial charge in [0, 0.05) is 0 Å². The molecule has 0 aromatic carbocycles. The highest BCUT2D eigenvalue weighted by molar-refractivity contribution is 5.67. The van der Waals surface area contributed by atoms with Crippen LogP contribution in [0.5, 0.6) is 0 Å². The lowest BCUT2D eigenvalue weighted by Crippen LogP contribution is -2.22. The van der Waals surface area contributed by atoms with Gasteiger partial charge in [-0.2, -0.15) is 0 Å². The Morgan fingerprint density at radius 1 is 1.36 bits per heavy atom. The molecule has 0 unspecified atom stereocenters. The Balaban J connectivity index is 3.78. The first-order chi connectivity index (χ1) is 5.11. The SMILES string of the molecule is CCC(CC)[C@@H](O)CC(=O)O. The van der Waals surface area contributed by atoms with E-state index < -0.39 is 12.1 Å². The minimum atomic E-state index is -0.926. The van der Waals surface area contributed by atoms with Gasteiger partial charge in [-0.25, -0.2) is 0 Å². The van der Waals surface area contributed by atoms with Gasteiger partial charge in [-0.1, -0.05) is 26.7 Å². The normalized spacial score (nSPS) is 13.5. The van der Waals surface area contributed by atoms with Crippen LogP contribution < -0.4 is 0 Å². The summed E-state index contributed by atoms with van der Waals surface area (Å²) < 4.78 is 0. The number of rotatable bonds is 5. The van der Waals surface area contributed by atoms with Gasteiger partial charge in [-0.15, -0.1) is 0 Å². The fourth-order valence-electron chi connectivity index (χ4n) is 1.18. The summed E-state index contributed by atoms with van der Waals surface area (Å²) in [4.78, 5) is 10.2. The van der Waals surface area contributed by atoms with Gasteiger partial charge in [0.15, 0.2) is 0 Å². The third-order valence-corrected chi connectivity index (χ3v) is 1.98. The van der Waals surface area contributed by atoms with Crippen LogP contribution in [0.4, 0.5) is 0 Å². The molecule has 0 aliphatic heterocycles. The molecular formula is C8H16O3. The zero-order valence-electron chi connectivity index (χ0n) is 7.08. The summed E-state index contributed by atoms with van der Waals surface area (Å²) in [5.74, 6) is -0.796. The number of aliphatic hydroxyl groups excluding tert-OH is 1. The Morgan fingerprint density at radius 2 is 1.82 bits per heavy atom. The van der Waals surface area contributed by atoms with Crippen molar-refractivity contribution in [1.82, 2.24) is 0 Å². The van der Waals surface area contributed by atoms with E-state index in [-0.39, 0.29) is 12.3 Å². The lowest BCUT2D eigenvalue weighted by atomic mass is 9.94. The Morgan fingerprint density at radius 3 is 2.09 bits per heavy atom. The molecule has 3 nitrogen and oxygen atoms in total. The molecule has 0 aromatic heterocycles. The average Bonchev–Trinajstić information content (AvgIpc) is 1.88. The fraction of sp³-hybridized carbons (Fsp3) is 0.875. The predicted molar refractivity (Wildman–Crippen MR) is 42.3 cm³/mol. The highest BCUT2D eigenvalue weighted by atomic mass is 16.4. The third kappa shape index (κ3) is 3.98. The van der Waals surface area contributed by atoms with Crippen molar-refractivity contribution < 1.29 is 15.0 Å². The maximum absolute atomic E-state index is 10.2. The van der Waals surface area contributed by atoms with Crippen molar-refractivity contribution in [2.45, 2.75) is 39.2 Å². The van der Waals surface area contributed by atoms with Crippen molar-refractivity contribution in [2.24, 2.45) is 5.92 Å². The molecular weight excluding hydrogens is 144 g/mol. The first kappa shape index (κ1) is 10.4. The first-order valence-corrected chi connectivity index (χ1v) is 4.01. The number of hydrogen-bond donors (Lipinski definition) is 2. The van der Waals surface area contributed by atoms with Crippen LogP contribution in [-0.2, 0) is 4.79 Å². The Labute approximate surface area is 67.0 Å². The van der Waals surface area contributed by atoms with Gasteiger partial charge in [0.1, 0.15) is 0 Å². The van der Waals surface area contributed by atoms with E-state index in [2.05, 4.69) is 0 Å². The molecule has 0 rings (SSSR count). The maximum Gasteiger partial charge on any atom is 0.305 e. The molecule has 0 fully saturated rings. The summed E-state index contributed by atoms with van der Waals surface area (Å²) in [6.45, 7) is 3.92. The summed E-state index contributed by atoms with van der Waals surface area (Å²) in [7, 11) is 0. The van der Waals surface area contributed by atoms with Crippen LogP contribution in [0.1, 0.15) is 33.1 Å². The van der Waals surface area contributed by atoms with Crippen LogP contribution >= 0.6 is 0 Å². The molecule has 0 aromatic rings. The maximum atomic E-state index is 10.2. The van der Waals surface area contributed by atoms with E-state index in [1.165, 1.54) is 0 Å². The standard InChI is InChI=1S/C8H16O3/c1-3-6(4-2)7(9)5-8(10)11/h6-7,9H,3-5H2,1-2H3,(H,10,11)/t7-/m0/s1. The Kier molecular flexibility index (Phi) is 4.86. The van der Waals surface area contributed by atoms with E-state index in [0.29, 0.717) is 0 Å². The molecule has 0 aliphatic rings. The topological polar surface area (TPSA) is 57.5 Å². The van der Waals surface area contributed by atoms with Crippen LogP contribution in [-0.4, -0.2) is 22.3 Å². The van der Waals surface area contributed by atoms with Gasteiger partial charge in [-0.3, -0.25) is 4.79 Å². The van der Waals surface area contributed by atoms with Crippen LogP contribution in [0.25, 0.3) is 0 Å². The molecule has 0 saturated carbocycles. The van der Waals surface area contributed by atoms with E-state index in [0.717, 1.165) is 12.8 Å². The summed E-state index contributed by atoms with van der Waals surface area (Å²) in [5, 5.41) is 17.7. The van der Waals surface area contributed by atoms with E-state index >= 15 is 0 Å². The van der Waals surface area contributed by atoms with Gasteiger partial charge in [0.2, 0.25) is 0 Å². The van der Waals surface area contributed by atoms with Crippen LogP contribution in [0, 0.1) is 5.92 Å². The quantitative estimate of drug-likeness (QED) is 0.636. The predicted octanol–water partition coefficient (Wildman–Crippen LogP) is 1.26. The molecule has 2 N–H and O–H groups in total. The summed E-state index contributed by atoms with van der Waals surface area (Å²) in [6.07, 6.45) is 0.866. The lowest BCUT2D eigenvalue weighted by molar-refractivity contribution is -0.140. The van der Waals surface area contributed by atoms with E-state index in [1.54, 1.807) is 0 Å². The molecule has 0 bridgehead atoms. The number of hydrogen-bond acceptors (Lipinski definition) is 2. The summed E-state index contributed by atoms with van der Waals surface area (Å²) >= 11 is 0. The Bertz CT molecular complexity index is 119. The van der Waals surface area contributed by atoms with Crippen molar-refractivity contribution in [3.8, 4) is 0 Å². The Hall–Kier alpha value is -0.570.